The molecule has 3 aliphatic rings. The molecule has 2 aromatic carbocycles. The Hall–Kier alpha value is -3.93. The number of carboxylic acids is 1. The lowest BCUT2D eigenvalue weighted by molar-refractivity contribution is -0.141. The van der Waals surface area contributed by atoms with Gasteiger partial charge < -0.3 is 24.4 Å². The molecular formula is C38H40Cl2N4O6. The minimum Gasteiger partial charge on any atom is -0.481 e. The van der Waals surface area contributed by atoms with Crippen LogP contribution in [0.1, 0.15) is 48.1 Å². The Balaban J connectivity index is 1.11. The van der Waals surface area contributed by atoms with Gasteiger partial charge in [-0.1, -0.05) is 65.7 Å². The van der Waals surface area contributed by atoms with Gasteiger partial charge in [-0.3, -0.25) is 14.6 Å². The highest BCUT2D eigenvalue weighted by Gasteiger charge is 2.37. The number of carboxylic acid groups (broad SMARTS) is 1. The van der Waals surface area contributed by atoms with Crippen LogP contribution in [-0.2, 0) is 24.3 Å². The highest BCUT2D eigenvalue weighted by atomic mass is 35.5. The summed E-state index contributed by atoms with van der Waals surface area (Å²) in [5.74, 6) is 0.0991. The van der Waals surface area contributed by atoms with Crippen molar-refractivity contribution in [2.24, 2.45) is 5.92 Å². The van der Waals surface area contributed by atoms with Crippen LogP contribution in [0, 0.1) is 5.92 Å². The molecule has 12 heteroatoms. The lowest BCUT2D eigenvalue weighted by Gasteiger charge is -2.44. The molecule has 2 fully saturated rings. The molecule has 1 aliphatic carbocycles. The van der Waals surface area contributed by atoms with Gasteiger partial charge in [-0.2, -0.15) is 4.98 Å². The Morgan fingerprint density at radius 1 is 0.900 bits per heavy atom. The van der Waals surface area contributed by atoms with Crippen LogP contribution < -0.4 is 14.2 Å². The summed E-state index contributed by atoms with van der Waals surface area (Å²) in [5.41, 5.74) is 6.76. The number of aliphatic carboxylic acids is 1. The van der Waals surface area contributed by atoms with Crippen molar-refractivity contribution in [2.75, 3.05) is 40.4 Å². The lowest BCUT2D eigenvalue weighted by Crippen LogP contribution is -2.59. The van der Waals surface area contributed by atoms with Crippen LogP contribution in [0.3, 0.4) is 0 Å². The Labute approximate surface area is 301 Å². The first kappa shape index (κ1) is 34.5. The number of benzene rings is 2. The van der Waals surface area contributed by atoms with Crippen molar-refractivity contribution in [3.05, 3.63) is 86.9 Å². The first-order chi connectivity index (χ1) is 24.0. The highest BCUT2D eigenvalue weighted by molar-refractivity contribution is 6.36. The summed E-state index contributed by atoms with van der Waals surface area (Å²) < 4.78 is 17.8. The molecule has 0 bridgehead atoms. The fourth-order valence-corrected chi connectivity index (χ4v) is 8.08. The van der Waals surface area contributed by atoms with Crippen molar-refractivity contribution >= 4 is 29.2 Å². The van der Waals surface area contributed by atoms with Crippen LogP contribution in [0.15, 0.2) is 54.6 Å². The van der Waals surface area contributed by atoms with Gasteiger partial charge in [0.15, 0.2) is 0 Å². The van der Waals surface area contributed by atoms with E-state index in [0.29, 0.717) is 79.1 Å². The highest BCUT2D eigenvalue weighted by Crippen LogP contribution is 2.45. The summed E-state index contributed by atoms with van der Waals surface area (Å²) in [7, 11) is 3.17. The molecule has 0 radical (unpaired) electrons. The third kappa shape index (κ3) is 6.87. The molecule has 262 valence electrons. The number of hydrogen-bond donors (Lipinski definition) is 2. The second-order valence-corrected chi connectivity index (χ2v) is 14.5. The van der Waals surface area contributed by atoms with Crippen LogP contribution in [-0.4, -0.2) is 81.9 Å². The monoisotopic (exact) mass is 718 g/mol. The number of hydrogen-bond acceptors (Lipinski definition) is 9. The number of aromatic nitrogens is 2. The maximum absolute atomic E-state index is 11.4. The van der Waals surface area contributed by atoms with Gasteiger partial charge in [0.05, 0.1) is 36.5 Å². The van der Waals surface area contributed by atoms with Gasteiger partial charge in [0.25, 0.3) is 0 Å². The van der Waals surface area contributed by atoms with E-state index in [9.17, 15) is 15.0 Å². The number of methoxy groups -OCH3 is 2. The second-order valence-electron chi connectivity index (χ2n) is 13.7. The second kappa shape index (κ2) is 14.0. The SMILES string of the molecule is COc1nc(-c2cccc(-c3cccc4c3CC[C@@H]4Oc3nc(OC)c(CN4CC[C@@H](C(=O)O)C4)cc3Cl)c2Cl)ccc1CN1CC(C)(O)C1. The minimum atomic E-state index is -0.771. The van der Waals surface area contributed by atoms with E-state index in [1.807, 2.05) is 43.3 Å². The van der Waals surface area contributed by atoms with Crippen LogP contribution in [0.2, 0.25) is 10.0 Å². The topological polar surface area (TPSA) is 117 Å². The molecule has 0 spiro atoms. The van der Waals surface area contributed by atoms with Crippen molar-refractivity contribution in [1.29, 1.82) is 0 Å². The van der Waals surface area contributed by atoms with Gasteiger partial charge in [0, 0.05) is 55.0 Å². The zero-order valence-corrected chi connectivity index (χ0v) is 29.8. The number of pyridine rings is 2. The van der Waals surface area contributed by atoms with Gasteiger partial charge in [0.2, 0.25) is 17.6 Å². The number of likely N-dealkylation sites (tertiary alicyclic amines) is 2. The Bertz CT molecular complexity index is 1930. The number of aliphatic hydroxyl groups is 1. The molecule has 7 rings (SSSR count). The van der Waals surface area contributed by atoms with Crippen molar-refractivity contribution in [2.45, 2.75) is 51.0 Å². The summed E-state index contributed by atoms with van der Waals surface area (Å²) in [5, 5.41) is 20.5. The van der Waals surface area contributed by atoms with Gasteiger partial charge in [-0.25, -0.2) is 4.98 Å². The molecule has 2 N–H and O–H groups in total. The van der Waals surface area contributed by atoms with Gasteiger partial charge in [-0.05, 0) is 61.6 Å². The molecule has 0 saturated carbocycles. The van der Waals surface area contributed by atoms with E-state index in [2.05, 4.69) is 26.9 Å². The van der Waals surface area contributed by atoms with E-state index >= 15 is 0 Å². The van der Waals surface area contributed by atoms with Crippen molar-refractivity contribution < 1.29 is 29.2 Å². The molecule has 4 heterocycles. The number of carbonyl (C=O) groups is 1. The Morgan fingerprint density at radius 3 is 2.32 bits per heavy atom. The number of fused-ring (bicyclic) bond motifs is 1. The molecule has 4 aromatic rings. The lowest BCUT2D eigenvalue weighted by atomic mass is 9.94. The summed E-state index contributed by atoms with van der Waals surface area (Å²) in [4.78, 5) is 25.1. The molecule has 2 aromatic heterocycles. The standard InChI is InChI=1S/C38H40Cl2N4O6/c1-38(47)20-44(21-38)17-22-10-12-31(41-34(22)48-2)29-9-5-8-28(33(29)40)25-6-4-7-27-26(25)11-13-32(27)50-36-30(39)16-24(35(42-36)49-3)19-43-15-14-23(18-43)37(45)46/h4-10,12,16,23,32,47H,11,13-15,17-21H2,1-3H3,(H,45,46)/t23-,32+/m1/s1. The summed E-state index contributed by atoms with van der Waals surface area (Å²) >= 11 is 13.9. The quantitative estimate of drug-likeness (QED) is 0.174. The van der Waals surface area contributed by atoms with Gasteiger partial charge in [0.1, 0.15) is 11.1 Å². The predicted octanol–water partition coefficient (Wildman–Crippen LogP) is 6.67. The zero-order valence-electron chi connectivity index (χ0n) is 28.3. The molecule has 2 aliphatic heterocycles. The third-order valence-electron chi connectivity index (χ3n) is 9.88. The molecule has 10 nitrogen and oxygen atoms in total. The fourth-order valence-electron chi connectivity index (χ4n) is 7.54. The van der Waals surface area contributed by atoms with Crippen molar-refractivity contribution in [3.63, 3.8) is 0 Å². The maximum Gasteiger partial charge on any atom is 0.307 e. The van der Waals surface area contributed by atoms with Crippen LogP contribution >= 0.6 is 23.2 Å². The summed E-state index contributed by atoms with van der Waals surface area (Å²) in [6.07, 6.45) is 1.87. The maximum atomic E-state index is 11.4. The molecule has 0 amide bonds. The van der Waals surface area contributed by atoms with E-state index in [-0.39, 0.29) is 12.0 Å². The normalized spacial score (nSPS) is 20.0. The van der Waals surface area contributed by atoms with Crippen molar-refractivity contribution in [3.8, 4) is 40.0 Å². The molecule has 50 heavy (non-hydrogen) atoms. The average molecular weight is 720 g/mol. The fraction of sp³-hybridized carbons (Fsp3) is 0.395. The van der Waals surface area contributed by atoms with Crippen LogP contribution in [0.5, 0.6) is 17.6 Å². The number of rotatable bonds is 11. The first-order valence-electron chi connectivity index (χ1n) is 16.8. The van der Waals surface area contributed by atoms with E-state index in [1.165, 1.54) is 0 Å². The number of ether oxygens (including phenoxy) is 3. The van der Waals surface area contributed by atoms with Crippen LogP contribution in [0.4, 0.5) is 0 Å². The molecule has 2 atom stereocenters. The van der Waals surface area contributed by atoms with E-state index in [0.717, 1.165) is 51.8 Å². The molecule has 2 saturated heterocycles. The summed E-state index contributed by atoms with van der Waals surface area (Å²) in [6, 6.07) is 17.9. The smallest absolute Gasteiger partial charge is 0.307 e. The van der Waals surface area contributed by atoms with E-state index < -0.39 is 11.6 Å². The van der Waals surface area contributed by atoms with Crippen molar-refractivity contribution in [1.82, 2.24) is 19.8 Å². The average Bonchev–Trinajstić information content (AvgIpc) is 3.73. The van der Waals surface area contributed by atoms with E-state index in [4.69, 9.17) is 42.4 Å². The zero-order chi connectivity index (χ0) is 35.2. The number of halogens is 2. The summed E-state index contributed by atoms with van der Waals surface area (Å²) in [6.45, 7) is 5.36. The van der Waals surface area contributed by atoms with E-state index in [1.54, 1.807) is 20.3 Å². The Kier molecular flexibility index (Phi) is 9.66. The largest absolute Gasteiger partial charge is 0.481 e. The third-order valence-corrected chi connectivity index (χ3v) is 10.6. The van der Waals surface area contributed by atoms with Crippen LogP contribution in [0.25, 0.3) is 22.4 Å². The van der Waals surface area contributed by atoms with Gasteiger partial charge in [-0.15, -0.1) is 0 Å². The minimum absolute atomic E-state index is 0.268. The molecular weight excluding hydrogens is 679 g/mol. The predicted molar refractivity (Wildman–Crippen MR) is 191 cm³/mol. The molecule has 0 unspecified atom stereocenters. The van der Waals surface area contributed by atoms with Gasteiger partial charge >= 0.3 is 5.97 Å². The first-order valence-corrected chi connectivity index (χ1v) is 17.5. The Morgan fingerprint density at radius 2 is 1.60 bits per heavy atom. The number of nitrogens with zero attached hydrogens (tertiary/aromatic N) is 4. The number of β-amino-alcohol motifs (C(OH)–C–C–N with tert-alkyl or cyclic N) is 1.